The summed E-state index contributed by atoms with van der Waals surface area (Å²) in [6.07, 6.45) is -2.29. The highest BCUT2D eigenvalue weighted by atomic mass is 19.4. The molecule has 2 aromatic rings. The van der Waals surface area contributed by atoms with Crippen molar-refractivity contribution < 1.29 is 32.3 Å². The number of rotatable bonds is 11. The molecule has 0 saturated carbocycles. The molecule has 1 aliphatic rings. The third-order valence-corrected chi connectivity index (χ3v) is 6.59. The molecule has 1 aliphatic heterocycles. The molecular formula is C29H36F3N5O4. The number of pyridine rings is 1. The van der Waals surface area contributed by atoms with Crippen molar-refractivity contribution in [3.8, 4) is 0 Å². The summed E-state index contributed by atoms with van der Waals surface area (Å²) in [6.45, 7) is 8.33. The number of benzene rings is 1. The van der Waals surface area contributed by atoms with Crippen molar-refractivity contribution in [2.24, 2.45) is 10.5 Å². The fourth-order valence-electron chi connectivity index (χ4n) is 4.13. The molecule has 0 fully saturated rings. The number of hydrazone groups is 1. The van der Waals surface area contributed by atoms with Gasteiger partial charge in [0.05, 0.1) is 17.8 Å². The monoisotopic (exact) mass is 575 g/mol. The molecule has 41 heavy (non-hydrogen) atoms. The third kappa shape index (κ3) is 9.29. The van der Waals surface area contributed by atoms with Crippen molar-refractivity contribution in [1.82, 2.24) is 15.3 Å². The molecule has 0 spiro atoms. The summed E-state index contributed by atoms with van der Waals surface area (Å²) in [5, 5.41) is 11.3. The minimum atomic E-state index is -4.41. The van der Waals surface area contributed by atoms with E-state index in [0.717, 1.165) is 18.6 Å². The Morgan fingerprint density at radius 2 is 1.78 bits per heavy atom. The number of halogens is 3. The lowest BCUT2D eigenvalue weighted by molar-refractivity contribution is -0.137. The van der Waals surface area contributed by atoms with E-state index < -0.39 is 47.1 Å². The zero-order valence-electron chi connectivity index (χ0n) is 23.6. The molecule has 0 bridgehead atoms. The molecule has 3 rings (SSSR count). The van der Waals surface area contributed by atoms with Gasteiger partial charge in [0, 0.05) is 24.6 Å². The van der Waals surface area contributed by atoms with Gasteiger partial charge in [-0.05, 0) is 36.2 Å². The molecule has 0 unspecified atom stereocenters. The number of carbonyl (C=O) groups is 3. The van der Waals surface area contributed by atoms with Crippen LogP contribution in [0.3, 0.4) is 0 Å². The number of aromatic nitrogens is 1. The normalized spacial score (nSPS) is 15.1. The minimum absolute atomic E-state index is 0.220. The summed E-state index contributed by atoms with van der Waals surface area (Å²) in [6, 6.07) is 8.65. The first-order chi connectivity index (χ1) is 19.3. The first-order valence-electron chi connectivity index (χ1n) is 13.5. The lowest BCUT2D eigenvalue weighted by atomic mass is 9.89. The van der Waals surface area contributed by atoms with Crippen molar-refractivity contribution in [2.45, 2.75) is 71.7 Å². The van der Waals surface area contributed by atoms with Crippen molar-refractivity contribution in [2.75, 3.05) is 18.4 Å². The third-order valence-electron chi connectivity index (χ3n) is 6.59. The maximum Gasteiger partial charge on any atom is 0.416 e. The summed E-state index contributed by atoms with van der Waals surface area (Å²) in [5.74, 6) is -1.48. The minimum Gasteiger partial charge on any atom is -0.444 e. The molecular weight excluding hydrogens is 539 g/mol. The molecule has 9 nitrogen and oxygen atoms in total. The number of ether oxygens (including phenoxy) is 1. The number of nitrogens with one attached hydrogen (secondary N) is 2. The number of alkyl carbamates (subject to hydrolysis) is 1. The van der Waals surface area contributed by atoms with Gasteiger partial charge >= 0.3 is 12.3 Å². The number of hydrogen-bond donors (Lipinski definition) is 2. The molecule has 2 amide bonds. The van der Waals surface area contributed by atoms with E-state index in [1.807, 2.05) is 27.7 Å². The molecule has 0 aliphatic carbocycles. The second-order valence-electron chi connectivity index (χ2n) is 10.9. The maximum absolute atomic E-state index is 13.0. The molecule has 12 heteroatoms. The summed E-state index contributed by atoms with van der Waals surface area (Å²) >= 11 is 0. The number of unbranched alkanes of at least 4 members (excludes halogenated alkanes) is 1. The van der Waals surface area contributed by atoms with Gasteiger partial charge < -0.3 is 15.4 Å². The van der Waals surface area contributed by atoms with Crippen LogP contribution in [-0.4, -0.2) is 58.7 Å². The Morgan fingerprint density at radius 3 is 2.37 bits per heavy atom. The summed E-state index contributed by atoms with van der Waals surface area (Å²) in [7, 11) is 0. The van der Waals surface area contributed by atoms with E-state index in [-0.39, 0.29) is 18.8 Å². The Labute approximate surface area is 237 Å². The molecule has 2 atom stereocenters. The average molecular weight is 576 g/mol. The van der Waals surface area contributed by atoms with Crippen LogP contribution in [0.1, 0.15) is 64.5 Å². The van der Waals surface area contributed by atoms with Crippen LogP contribution >= 0.6 is 0 Å². The van der Waals surface area contributed by atoms with E-state index in [9.17, 15) is 27.6 Å². The van der Waals surface area contributed by atoms with Gasteiger partial charge in [-0.1, -0.05) is 58.7 Å². The zero-order valence-corrected chi connectivity index (χ0v) is 23.6. The zero-order chi connectivity index (χ0) is 30.2. The number of ketones is 1. The van der Waals surface area contributed by atoms with E-state index >= 15 is 0 Å². The Hall–Kier alpha value is -3.96. The Bertz CT molecular complexity index is 1230. The number of hydrogen-bond acceptors (Lipinski definition) is 7. The molecule has 2 N–H and O–H groups in total. The van der Waals surface area contributed by atoms with Gasteiger partial charge in [-0.2, -0.15) is 18.3 Å². The van der Waals surface area contributed by atoms with Crippen LogP contribution in [0.5, 0.6) is 0 Å². The van der Waals surface area contributed by atoms with Crippen LogP contribution < -0.4 is 10.6 Å². The van der Waals surface area contributed by atoms with Gasteiger partial charge in [-0.25, -0.2) is 9.78 Å². The number of amides is 2. The highest BCUT2D eigenvalue weighted by molar-refractivity contribution is 6.42. The first kappa shape index (κ1) is 31.6. The van der Waals surface area contributed by atoms with E-state index in [0.29, 0.717) is 30.7 Å². The van der Waals surface area contributed by atoms with Crippen molar-refractivity contribution in [3.63, 3.8) is 0 Å². The average Bonchev–Trinajstić information content (AvgIpc) is 3.38. The van der Waals surface area contributed by atoms with Crippen LogP contribution in [0.2, 0.25) is 0 Å². The first-order valence-corrected chi connectivity index (χ1v) is 13.5. The summed E-state index contributed by atoms with van der Waals surface area (Å²) in [4.78, 5) is 42.4. The van der Waals surface area contributed by atoms with Crippen LogP contribution in [0.4, 0.5) is 23.8 Å². The number of Topliss-reactive ketones (excluding diaryl/α,β-unsaturated/α-hetero) is 1. The summed E-state index contributed by atoms with van der Waals surface area (Å²) in [5.41, 5.74) is -0.00923. The van der Waals surface area contributed by atoms with Crippen LogP contribution in [0.25, 0.3) is 0 Å². The number of anilines is 1. The SMILES string of the molecule is CCCC[C@H](NC(=O)O[C@H](CN1CCC(c2ccc(C(F)(F)F)cc2)=N1)C(C)(C)C)C(=O)C(=O)Nc1ccccn1. The number of nitrogens with zero attached hydrogens (tertiary/aromatic N) is 3. The highest BCUT2D eigenvalue weighted by Gasteiger charge is 2.34. The van der Waals surface area contributed by atoms with Crippen LogP contribution in [0.15, 0.2) is 53.8 Å². The van der Waals surface area contributed by atoms with Crippen molar-refractivity contribution in [1.29, 1.82) is 0 Å². The standard InChI is InChI=1S/C29H36F3N5O4/c1-5-6-9-22(25(38)26(39)35-24-10-7-8-16-33-24)34-27(40)41-23(28(2,3)4)18-37-17-15-21(36-37)19-11-13-20(14-12-19)29(30,31)32/h7-8,10-14,16,22-23H,5-6,9,15,17-18H2,1-4H3,(H,34,40)(H,33,35,39)/t22-,23+/m0/s1. The lowest BCUT2D eigenvalue weighted by Crippen LogP contribution is -2.49. The van der Waals surface area contributed by atoms with E-state index in [4.69, 9.17) is 4.74 Å². The van der Waals surface area contributed by atoms with Crippen molar-refractivity contribution in [3.05, 3.63) is 59.8 Å². The van der Waals surface area contributed by atoms with Gasteiger partial charge in [0.2, 0.25) is 5.78 Å². The topological polar surface area (TPSA) is 113 Å². The Morgan fingerprint density at radius 1 is 1.07 bits per heavy atom. The van der Waals surface area contributed by atoms with Crippen LogP contribution in [-0.2, 0) is 20.5 Å². The molecule has 0 saturated heterocycles. The van der Waals surface area contributed by atoms with E-state index in [2.05, 4.69) is 20.7 Å². The fraction of sp³-hybridized carbons (Fsp3) is 0.483. The number of alkyl halides is 3. The van der Waals surface area contributed by atoms with Gasteiger partial charge in [-0.15, -0.1) is 0 Å². The largest absolute Gasteiger partial charge is 0.444 e. The smallest absolute Gasteiger partial charge is 0.416 e. The van der Waals surface area contributed by atoms with Gasteiger partial charge in [0.1, 0.15) is 18.0 Å². The second kappa shape index (κ2) is 13.6. The second-order valence-corrected chi connectivity index (χ2v) is 10.9. The van der Waals surface area contributed by atoms with Gasteiger partial charge in [-0.3, -0.25) is 14.6 Å². The van der Waals surface area contributed by atoms with Gasteiger partial charge in [0.15, 0.2) is 0 Å². The lowest BCUT2D eigenvalue weighted by Gasteiger charge is -2.33. The van der Waals surface area contributed by atoms with E-state index in [1.165, 1.54) is 18.3 Å². The molecule has 1 aromatic heterocycles. The van der Waals surface area contributed by atoms with Crippen molar-refractivity contribution >= 4 is 29.3 Å². The molecule has 1 aromatic carbocycles. The molecule has 2 heterocycles. The molecule has 0 radical (unpaired) electrons. The van der Waals surface area contributed by atoms with Crippen LogP contribution in [0, 0.1) is 5.41 Å². The van der Waals surface area contributed by atoms with E-state index in [1.54, 1.807) is 23.2 Å². The quantitative estimate of drug-likeness (QED) is 0.346. The predicted molar refractivity (Wildman–Crippen MR) is 148 cm³/mol. The molecule has 222 valence electrons. The number of carbonyl (C=O) groups excluding carboxylic acids is 3. The predicted octanol–water partition coefficient (Wildman–Crippen LogP) is 5.42. The fourth-order valence-corrected chi connectivity index (χ4v) is 4.13. The maximum atomic E-state index is 13.0. The Kier molecular flexibility index (Phi) is 10.5. The highest BCUT2D eigenvalue weighted by Crippen LogP contribution is 2.30. The Balaban J connectivity index is 1.65. The van der Waals surface area contributed by atoms with Gasteiger partial charge in [0.25, 0.3) is 5.91 Å². The summed E-state index contributed by atoms with van der Waals surface area (Å²) < 4.78 is 44.5.